The average molecular weight is 275 g/mol. The Balaban J connectivity index is 2.21. The number of rotatable bonds is 3. The molecule has 0 spiro atoms. The molecule has 1 aromatic carbocycles. The summed E-state index contributed by atoms with van der Waals surface area (Å²) in [6.07, 6.45) is -0.521. The zero-order valence-corrected chi connectivity index (χ0v) is 12.4. The number of carbonyl (C=O) groups excluding carboxylic acids is 2. The summed E-state index contributed by atoms with van der Waals surface area (Å²) in [5.74, 6) is -0.340. The molecule has 4 heteroatoms. The van der Waals surface area contributed by atoms with Crippen LogP contribution in [0.5, 0.6) is 0 Å². The second-order valence-corrected chi connectivity index (χ2v) is 5.73. The van der Waals surface area contributed by atoms with E-state index in [9.17, 15) is 9.59 Å². The third kappa shape index (κ3) is 2.69. The van der Waals surface area contributed by atoms with Crippen molar-refractivity contribution < 1.29 is 14.3 Å². The molecule has 1 fully saturated rings. The average Bonchev–Trinajstić information content (AvgIpc) is 2.80. The van der Waals surface area contributed by atoms with E-state index in [0.29, 0.717) is 6.61 Å². The highest BCUT2D eigenvalue weighted by molar-refractivity contribution is 5.97. The molecule has 1 saturated heterocycles. The van der Waals surface area contributed by atoms with Crippen LogP contribution in [0.3, 0.4) is 0 Å². The van der Waals surface area contributed by atoms with Crippen molar-refractivity contribution in [3.8, 4) is 0 Å². The summed E-state index contributed by atoms with van der Waals surface area (Å²) in [6.45, 7) is 8.11. The van der Waals surface area contributed by atoms with Gasteiger partial charge in [-0.1, -0.05) is 43.7 Å². The number of hydrogen-bond acceptors (Lipinski definition) is 3. The Morgan fingerprint density at radius 1 is 1.25 bits per heavy atom. The topological polar surface area (TPSA) is 46.6 Å². The molecule has 0 aromatic heterocycles. The van der Waals surface area contributed by atoms with Crippen molar-refractivity contribution in [3.63, 3.8) is 0 Å². The fourth-order valence-electron chi connectivity index (χ4n) is 2.39. The predicted molar refractivity (Wildman–Crippen MR) is 76.4 cm³/mol. The monoisotopic (exact) mass is 275 g/mol. The van der Waals surface area contributed by atoms with E-state index in [1.165, 1.54) is 4.90 Å². The Bertz CT molecular complexity index is 507. The fraction of sp³-hybridized carbons (Fsp3) is 0.500. The molecule has 0 aliphatic carbocycles. The van der Waals surface area contributed by atoms with Gasteiger partial charge in [-0.15, -0.1) is 0 Å². The molecule has 4 nitrogen and oxygen atoms in total. The van der Waals surface area contributed by atoms with Crippen molar-refractivity contribution in [1.29, 1.82) is 0 Å². The highest BCUT2D eigenvalue weighted by atomic mass is 16.6. The molecule has 0 N–H and O–H groups in total. The molecule has 1 aliphatic heterocycles. The van der Waals surface area contributed by atoms with Crippen molar-refractivity contribution in [2.24, 2.45) is 5.92 Å². The third-order valence-electron chi connectivity index (χ3n) is 3.86. The lowest BCUT2D eigenvalue weighted by molar-refractivity contribution is -0.131. The molecule has 20 heavy (non-hydrogen) atoms. The Morgan fingerprint density at radius 3 is 2.40 bits per heavy atom. The van der Waals surface area contributed by atoms with Crippen LogP contribution < -0.4 is 0 Å². The smallest absolute Gasteiger partial charge is 0.417 e. The first-order valence-electron chi connectivity index (χ1n) is 6.98. The maximum atomic E-state index is 12.6. The van der Waals surface area contributed by atoms with Crippen molar-refractivity contribution in [3.05, 3.63) is 35.4 Å². The molecule has 1 aliphatic rings. The first kappa shape index (κ1) is 14.6. The number of nitrogens with zero attached hydrogens (tertiary/aromatic N) is 1. The lowest BCUT2D eigenvalue weighted by Gasteiger charge is -2.25. The van der Waals surface area contributed by atoms with Gasteiger partial charge in [-0.25, -0.2) is 9.69 Å². The summed E-state index contributed by atoms with van der Waals surface area (Å²) in [7, 11) is 0. The minimum absolute atomic E-state index is 0.164. The Kier molecular flexibility index (Phi) is 4.12. The molecule has 0 saturated carbocycles. The highest BCUT2D eigenvalue weighted by Gasteiger charge is 2.41. The number of carbonyl (C=O) groups is 2. The van der Waals surface area contributed by atoms with E-state index in [0.717, 1.165) is 11.1 Å². The van der Waals surface area contributed by atoms with Crippen LogP contribution >= 0.6 is 0 Å². The van der Waals surface area contributed by atoms with Gasteiger partial charge in [0.25, 0.3) is 0 Å². The Labute approximate surface area is 119 Å². The minimum Gasteiger partial charge on any atom is -0.447 e. The largest absolute Gasteiger partial charge is 0.447 e. The van der Waals surface area contributed by atoms with Crippen LogP contribution in [-0.4, -0.2) is 29.5 Å². The quantitative estimate of drug-likeness (QED) is 0.851. The predicted octanol–water partition coefficient (Wildman–Crippen LogP) is 3.10. The van der Waals surface area contributed by atoms with Gasteiger partial charge in [-0.2, -0.15) is 0 Å². The fourth-order valence-corrected chi connectivity index (χ4v) is 2.39. The number of imide groups is 1. The summed E-state index contributed by atoms with van der Waals surface area (Å²) in [5, 5.41) is 0. The third-order valence-corrected chi connectivity index (χ3v) is 3.86. The zero-order chi connectivity index (χ0) is 14.9. The van der Waals surface area contributed by atoms with Crippen LogP contribution in [0.1, 0.15) is 37.8 Å². The number of cyclic esters (lactones) is 1. The molecule has 1 aromatic rings. The second kappa shape index (κ2) is 5.65. The minimum atomic E-state index is -0.521. The first-order chi connectivity index (χ1) is 9.41. The molecule has 2 amide bonds. The molecule has 108 valence electrons. The maximum Gasteiger partial charge on any atom is 0.417 e. The van der Waals surface area contributed by atoms with Gasteiger partial charge in [0.2, 0.25) is 5.91 Å². The zero-order valence-electron chi connectivity index (χ0n) is 12.4. The number of hydrogen-bond donors (Lipinski definition) is 0. The number of aryl methyl sites for hydroxylation is 1. The lowest BCUT2D eigenvalue weighted by atomic mass is 9.96. The standard InChI is InChI=1S/C16H21NO3/c1-10(2)14-9-20-16(19)17(14)15(18)12(4)13-7-5-11(3)6-8-13/h5-8,10,12,14H,9H2,1-4H3/t12-,14-/m0/s1. The Hall–Kier alpha value is -1.84. The molecule has 2 rings (SSSR count). The molecular formula is C16H21NO3. The van der Waals surface area contributed by atoms with Crippen LogP contribution in [0.25, 0.3) is 0 Å². The van der Waals surface area contributed by atoms with Gasteiger partial charge in [0, 0.05) is 0 Å². The van der Waals surface area contributed by atoms with E-state index in [1.54, 1.807) is 0 Å². The van der Waals surface area contributed by atoms with Gasteiger partial charge < -0.3 is 4.74 Å². The van der Waals surface area contributed by atoms with E-state index in [-0.39, 0.29) is 23.8 Å². The van der Waals surface area contributed by atoms with Crippen LogP contribution in [0, 0.1) is 12.8 Å². The van der Waals surface area contributed by atoms with Gasteiger partial charge in [0.15, 0.2) is 0 Å². The summed E-state index contributed by atoms with van der Waals surface area (Å²) in [4.78, 5) is 25.7. The summed E-state index contributed by atoms with van der Waals surface area (Å²) in [5.41, 5.74) is 2.07. The summed E-state index contributed by atoms with van der Waals surface area (Å²) in [6, 6.07) is 7.65. The van der Waals surface area contributed by atoms with Gasteiger partial charge in [0.1, 0.15) is 6.61 Å². The SMILES string of the molecule is Cc1ccc([C@H](C)C(=O)N2C(=O)OC[C@H]2C(C)C)cc1. The maximum absolute atomic E-state index is 12.6. The van der Waals surface area contributed by atoms with E-state index >= 15 is 0 Å². The first-order valence-corrected chi connectivity index (χ1v) is 6.98. The van der Waals surface area contributed by atoms with Crippen LogP contribution in [0.15, 0.2) is 24.3 Å². The van der Waals surface area contributed by atoms with E-state index < -0.39 is 6.09 Å². The number of ether oxygens (including phenoxy) is 1. The van der Waals surface area contributed by atoms with E-state index in [2.05, 4.69) is 0 Å². The molecule has 0 unspecified atom stereocenters. The van der Waals surface area contributed by atoms with Crippen LogP contribution in [0.2, 0.25) is 0 Å². The molecule has 0 radical (unpaired) electrons. The summed E-state index contributed by atoms with van der Waals surface area (Å²) < 4.78 is 5.03. The molecule has 0 bridgehead atoms. The highest BCUT2D eigenvalue weighted by Crippen LogP contribution is 2.26. The van der Waals surface area contributed by atoms with Crippen molar-refractivity contribution in [2.75, 3.05) is 6.61 Å². The second-order valence-electron chi connectivity index (χ2n) is 5.73. The Morgan fingerprint density at radius 2 is 1.85 bits per heavy atom. The summed E-state index contributed by atoms with van der Waals surface area (Å²) >= 11 is 0. The van der Waals surface area contributed by atoms with E-state index in [1.807, 2.05) is 52.0 Å². The van der Waals surface area contributed by atoms with Crippen molar-refractivity contribution in [1.82, 2.24) is 4.90 Å². The lowest BCUT2D eigenvalue weighted by Crippen LogP contribution is -2.43. The normalized spacial score (nSPS) is 20.1. The number of benzene rings is 1. The van der Waals surface area contributed by atoms with Crippen LogP contribution in [0.4, 0.5) is 4.79 Å². The molecule has 1 heterocycles. The van der Waals surface area contributed by atoms with Crippen molar-refractivity contribution in [2.45, 2.75) is 39.7 Å². The van der Waals surface area contributed by atoms with Gasteiger partial charge in [-0.05, 0) is 25.3 Å². The molecule has 2 atom stereocenters. The van der Waals surface area contributed by atoms with E-state index in [4.69, 9.17) is 4.74 Å². The van der Waals surface area contributed by atoms with Gasteiger partial charge >= 0.3 is 6.09 Å². The number of amides is 2. The van der Waals surface area contributed by atoms with Gasteiger partial charge in [0.05, 0.1) is 12.0 Å². The van der Waals surface area contributed by atoms with Gasteiger partial charge in [-0.3, -0.25) is 4.79 Å². The van der Waals surface area contributed by atoms with Crippen molar-refractivity contribution >= 4 is 12.0 Å². The van der Waals surface area contributed by atoms with Crippen LogP contribution in [-0.2, 0) is 9.53 Å². The molecular weight excluding hydrogens is 254 g/mol.